The van der Waals surface area contributed by atoms with Crippen LogP contribution in [0.1, 0.15) is 25.7 Å². The normalized spacial score (nSPS) is 13.2. The Bertz CT molecular complexity index is 101. The van der Waals surface area contributed by atoms with Crippen LogP contribution < -0.4 is 5.32 Å². The van der Waals surface area contributed by atoms with Crippen molar-refractivity contribution in [2.75, 3.05) is 24.2 Å². The fourth-order valence-corrected chi connectivity index (χ4v) is 1.72. The molecule has 0 fully saturated rings. The minimum absolute atomic E-state index is 0.413. The number of hydrogen-bond donors (Lipinski definition) is 1. The average molecular weight is 247 g/mol. The zero-order chi connectivity index (χ0) is 9.94. The second-order valence-electron chi connectivity index (χ2n) is 3.03. The monoisotopic (exact) mass is 245 g/mol. The average Bonchev–Trinajstić information content (AvgIpc) is 2.17. The highest BCUT2D eigenvalue weighted by molar-refractivity contribution is 6.18. The van der Waals surface area contributed by atoms with Crippen LogP contribution >= 0.6 is 34.8 Å². The minimum Gasteiger partial charge on any atom is -0.312 e. The lowest BCUT2D eigenvalue weighted by Crippen LogP contribution is -2.32. The molecule has 80 valence electrons. The second-order valence-corrected chi connectivity index (χ2v) is 4.10. The lowest BCUT2D eigenvalue weighted by Gasteiger charge is -2.14. The molecule has 0 unspecified atom stereocenters. The first-order valence-electron chi connectivity index (χ1n) is 4.76. The first-order chi connectivity index (χ1) is 6.35. The summed E-state index contributed by atoms with van der Waals surface area (Å²) in [7, 11) is 0. The highest BCUT2D eigenvalue weighted by Crippen LogP contribution is 2.05. The molecule has 0 aromatic carbocycles. The zero-order valence-corrected chi connectivity index (χ0v) is 10.1. The van der Waals surface area contributed by atoms with E-state index in [4.69, 9.17) is 34.8 Å². The lowest BCUT2D eigenvalue weighted by molar-refractivity contribution is 0.505. The first-order valence-corrected chi connectivity index (χ1v) is 6.36. The minimum atomic E-state index is 0.413. The summed E-state index contributed by atoms with van der Waals surface area (Å²) in [5, 5.41) is 3.30. The van der Waals surface area contributed by atoms with E-state index in [1.807, 2.05) is 0 Å². The van der Waals surface area contributed by atoms with Crippen molar-refractivity contribution in [1.82, 2.24) is 5.32 Å². The maximum absolute atomic E-state index is 5.78. The summed E-state index contributed by atoms with van der Waals surface area (Å²) in [5.41, 5.74) is 0. The van der Waals surface area contributed by atoms with Crippen LogP contribution in [0.4, 0.5) is 0 Å². The smallest absolute Gasteiger partial charge is 0.0377 e. The molecule has 0 radical (unpaired) electrons. The maximum atomic E-state index is 5.78. The first kappa shape index (κ1) is 13.8. The van der Waals surface area contributed by atoms with Crippen molar-refractivity contribution in [3.05, 3.63) is 0 Å². The second kappa shape index (κ2) is 10.9. The molecule has 1 atom stereocenters. The van der Waals surface area contributed by atoms with Crippen molar-refractivity contribution in [1.29, 1.82) is 0 Å². The number of unbranched alkanes of at least 4 members (excludes halogenated alkanes) is 2. The van der Waals surface area contributed by atoms with Gasteiger partial charge >= 0.3 is 0 Å². The van der Waals surface area contributed by atoms with Crippen LogP contribution in [0.3, 0.4) is 0 Å². The molecule has 1 nitrogen and oxygen atoms in total. The summed E-state index contributed by atoms with van der Waals surface area (Å²) in [6, 6.07) is 0.413. The summed E-state index contributed by atoms with van der Waals surface area (Å²) in [6.07, 6.45) is 4.61. The van der Waals surface area contributed by atoms with Gasteiger partial charge in [0.1, 0.15) is 0 Å². The zero-order valence-electron chi connectivity index (χ0n) is 7.87. The third-order valence-electron chi connectivity index (χ3n) is 1.90. The van der Waals surface area contributed by atoms with Gasteiger partial charge < -0.3 is 5.32 Å². The van der Waals surface area contributed by atoms with Crippen LogP contribution in [-0.4, -0.2) is 30.2 Å². The van der Waals surface area contributed by atoms with Crippen molar-refractivity contribution in [3.8, 4) is 0 Å². The number of hydrogen-bond acceptors (Lipinski definition) is 1. The number of nitrogens with one attached hydrogen (secondary N) is 1. The Kier molecular flexibility index (Phi) is 11.6. The predicted octanol–water partition coefficient (Wildman–Crippen LogP) is 3.22. The summed E-state index contributed by atoms with van der Waals surface area (Å²) in [4.78, 5) is 0. The molecular formula is C9H18Cl3N. The molecule has 4 heteroatoms. The Labute approximate surface area is 96.1 Å². The van der Waals surface area contributed by atoms with E-state index in [0.717, 1.165) is 25.3 Å². The van der Waals surface area contributed by atoms with Crippen LogP contribution in [-0.2, 0) is 0 Å². The van der Waals surface area contributed by atoms with Crippen LogP contribution in [0.5, 0.6) is 0 Å². The van der Waals surface area contributed by atoms with Crippen molar-refractivity contribution in [2.24, 2.45) is 0 Å². The molecular weight excluding hydrogens is 228 g/mol. The Morgan fingerprint density at radius 3 is 2.23 bits per heavy atom. The molecule has 1 N–H and O–H groups in total. The van der Waals surface area contributed by atoms with Crippen LogP contribution in [0.2, 0.25) is 0 Å². The fourth-order valence-electron chi connectivity index (χ4n) is 1.15. The summed E-state index contributed by atoms with van der Waals surface area (Å²) in [6.45, 7) is 0.842. The third-order valence-corrected chi connectivity index (χ3v) is 2.73. The summed E-state index contributed by atoms with van der Waals surface area (Å²) in [5.74, 6) is 2.08. The molecule has 0 bridgehead atoms. The van der Waals surface area contributed by atoms with Crippen molar-refractivity contribution >= 4 is 34.8 Å². The Morgan fingerprint density at radius 1 is 0.923 bits per heavy atom. The molecule has 13 heavy (non-hydrogen) atoms. The molecule has 0 aromatic heterocycles. The van der Waals surface area contributed by atoms with E-state index in [1.54, 1.807) is 0 Å². The topological polar surface area (TPSA) is 12.0 Å². The molecule has 0 rings (SSSR count). The highest BCUT2D eigenvalue weighted by Gasteiger charge is 2.04. The molecule has 0 saturated carbocycles. The highest BCUT2D eigenvalue weighted by atomic mass is 35.5. The van der Waals surface area contributed by atoms with E-state index in [1.165, 1.54) is 12.8 Å². The van der Waals surface area contributed by atoms with Gasteiger partial charge in [-0.25, -0.2) is 0 Å². The molecule has 0 aliphatic rings. The molecule has 0 aliphatic carbocycles. The van der Waals surface area contributed by atoms with E-state index in [-0.39, 0.29) is 0 Å². The quantitative estimate of drug-likeness (QED) is 0.487. The molecule has 0 heterocycles. The molecule has 0 amide bonds. The van der Waals surface area contributed by atoms with Gasteiger partial charge in [0.05, 0.1) is 0 Å². The van der Waals surface area contributed by atoms with Crippen LogP contribution in [0.25, 0.3) is 0 Å². The van der Waals surface area contributed by atoms with Crippen molar-refractivity contribution in [3.63, 3.8) is 0 Å². The van der Waals surface area contributed by atoms with Gasteiger partial charge in [-0.1, -0.05) is 12.8 Å². The molecule has 0 spiro atoms. The third kappa shape index (κ3) is 9.14. The van der Waals surface area contributed by atoms with E-state index in [9.17, 15) is 0 Å². The Balaban J connectivity index is 3.25. The van der Waals surface area contributed by atoms with E-state index in [2.05, 4.69) is 5.32 Å². The van der Waals surface area contributed by atoms with Gasteiger partial charge in [-0.3, -0.25) is 0 Å². The number of rotatable bonds is 9. The van der Waals surface area contributed by atoms with Gasteiger partial charge in [0.15, 0.2) is 0 Å². The molecule has 0 saturated heterocycles. The Morgan fingerprint density at radius 2 is 1.69 bits per heavy atom. The number of alkyl halides is 3. The van der Waals surface area contributed by atoms with Crippen LogP contribution in [0, 0.1) is 0 Å². The molecule has 0 aliphatic heterocycles. The molecule has 0 aromatic rings. The fraction of sp³-hybridized carbons (Fsp3) is 1.00. The van der Waals surface area contributed by atoms with Gasteiger partial charge in [0, 0.05) is 30.2 Å². The van der Waals surface area contributed by atoms with Gasteiger partial charge in [-0.05, 0) is 12.8 Å². The van der Waals surface area contributed by atoms with Crippen molar-refractivity contribution in [2.45, 2.75) is 31.7 Å². The maximum Gasteiger partial charge on any atom is 0.0377 e. The van der Waals surface area contributed by atoms with Gasteiger partial charge in [-0.15, -0.1) is 34.8 Å². The van der Waals surface area contributed by atoms with Crippen molar-refractivity contribution < 1.29 is 0 Å². The van der Waals surface area contributed by atoms with E-state index >= 15 is 0 Å². The largest absolute Gasteiger partial charge is 0.312 e. The van der Waals surface area contributed by atoms with Gasteiger partial charge in [-0.2, -0.15) is 0 Å². The van der Waals surface area contributed by atoms with Gasteiger partial charge in [0.2, 0.25) is 0 Å². The predicted molar refractivity (Wildman–Crippen MR) is 62.4 cm³/mol. The number of halogens is 3. The summed E-state index contributed by atoms with van der Waals surface area (Å²) >= 11 is 16.9. The van der Waals surface area contributed by atoms with E-state index < -0.39 is 0 Å². The lowest BCUT2D eigenvalue weighted by atomic mass is 10.1. The SMILES string of the molecule is ClCCCCC[C@@H](CCl)NCCCl. The standard InChI is InChI=1S/C9H18Cl3N/c10-5-3-1-2-4-9(8-12)13-7-6-11/h9,13H,1-8H2/t9-/m0/s1. The Hall–Kier alpha value is 0.830. The van der Waals surface area contributed by atoms with Crippen LogP contribution in [0.15, 0.2) is 0 Å². The van der Waals surface area contributed by atoms with E-state index in [0.29, 0.717) is 17.8 Å². The van der Waals surface area contributed by atoms with Gasteiger partial charge in [0.25, 0.3) is 0 Å². The summed E-state index contributed by atoms with van der Waals surface area (Å²) < 4.78 is 0.